The molecule has 1 aliphatic carbocycles. The number of anilines is 2. The number of hydrogen-bond donors (Lipinski definition) is 3. The van der Waals surface area contributed by atoms with Gasteiger partial charge in [-0.05, 0) is 50.5 Å². The monoisotopic (exact) mass is 407 g/mol. The highest BCUT2D eigenvalue weighted by molar-refractivity contribution is 6.40. The minimum atomic E-state index is -1.14. The van der Waals surface area contributed by atoms with Gasteiger partial charge in [-0.25, -0.2) is 4.98 Å². The number of pyridine rings is 1. The maximum atomic E-state index is 12.6. The van der Waals surface area contributed by atoms with Crippen LogP contribution in [0.15, 0.2) is 30.5 Å². The van der Waals surface area contributed by atoms with Crippen molar-refractivity contribution in [2.75, 3.05) is 10.6 Å². The Labute approximate surface area is 166 Å². The van der Waals surface area contributed by atoms with Gasteiger partial charge in [-0.15, -0.1) is 0 Å². The average molecular weight is 408 g/mol. The lowest BCUT2D eigenvalue weighted by atomic mass is 9.97. The molecule has 1 aliphatic rings. The first-order valence-corrected chi connectivity index (χ1v) is 9.21. The topological polar surface area (TPSA) is 91.3 Å². The Balaban J connectivity index is 1.78. The molecule has 0 atom stereocenters. The normalized spacial score (nSPS) is 14.0. The fourth-order valence-electron chi connectivity index (χ4n) is 2.49. The fraction of sp³-hybridized carbons (Fsp3) is 0.316. The van der Waals surface area contributed by atoms with E-state index in [0.717, 1.165) is 12.8 Å². The largest absolute Gasteiger partial charge is 0.386 e. The van der Waals surface area contributed by atoms with Gasteiger partial charge >= 0.3 is 0 Å². The summed E-state index contributed by atoms with van der Waals surface area (Å²) >= 11 is 12.4. The van der Waals surface area contributed by atoms with Gasteiger partial charge < -0.3 is 15.7 Å². The number of halogens is 2. The molecule has 1 saturated carbocycles. The molecule has 2 aromatic rings. The van der Waals surface area contributed by atoms with Crippen molar-refractivity contribution in [3.05, 3.63) is 51.6 Å². The number of carbonyl (C=O) groups excluding carboxylic acids is 2. The third-order valence-corrected chi connectivity index (χ3v) is 4.79. The first kappa shape index (κ1) is 19.6. The van der Waals surface area contributed by atoms with Crippen LogP contribution in [0.25, 0.3) is 0 Å². The minimum absolute atomic E-state index is 0.0527. The van der Waals surface area contributed by atoms with Crippen molar-refractivity contribution in [1.29, 1.82) is 0 Å². The number of aliphatic hydroxyl groups is 1. The predicted octanol–water partition coefficient (Wildman–Crippen LogP) is 4.22. The van der Waals surface area contributed by atoms with Crippen LogP contribution in [0.3, 0.4) is 0 Å². The number of nitrogens with zero attached hydrogens (tertiary/aromatic N) is 1. The molecule has 0 unspecified atom stereocenters. The highest BCUT2D eigenvalue weighted by atomic mass is 35.5. The van der Waals surface area contributed by atoms with Gasteiger partial charge in [-0.2, -0.15) is 0 Å². The number of nitrogens with one attached hydrogen (secondary N) is 2. The number of aromatic nitrogens is 1. The van der Waals surface area contributed by atoms with E-state index in [1.165, 1.54) is 18.3 Å². The van der Waals surface area contributed by atoms with E-state index in [0.29, 0.717) is 17.1 Å². The Morgan fingerprint density at radius 2 is 1.78 bits per heavy atom. The molecule has 1 aromatic heterocycles. The van der Waals surface area contributed by atoms with E-state index < -0.39 is 11.5 Å². The molecule has 0 spiro atoms. The predicted molar refractivity (Wildman–Crippen MR) is 105 cm³/mol. The lowest BCUT2D eigenvalue weighted by Crippen LogP contribution is -2.18. The van der Waals surface area contributed by atoms with Crippen molar-refractivity contribution in [2.45, 2.75) is 32.3 Å². The van der Waals surface area contributed by atoms with Gasteiger partial charge in [0.05, 0.1) is 21.2 Å². The average Bonchev–Trinajstić information content (AvgIpc) is 3.38. The summed E-state index contributed by atoms with van der Waals surface area (Å²) in [6.45, 7) is 3.20. The van der Waals surface area contributed by atoms with Crippen LogP contribution in [0.4, 0.5) is 11.5 Å². The van der Waals surface area contributed by atoms with Crippen LogP contribution in [0.5, 0.6) is 0 Å². The quantitative estimate of drug-likeness (QED) is 0.691. The summed E-state index contributed by atoms with van der Waals surface area (Å²) in [4.78, 5) is 28.5. The number of benzene rings is 1. The van der Waals surface area contributed by atoms with Gasteiger partial charge in [0, 0.05) is 23.9 Å². The summed E-state index contributed by atoms with van der Waals surface area (Å²) in [5, 5.41) is 15.8. The molecule has 3 rings (SSSR count). The first-order valence-electron chi connectivity index (χ1n) is 8.45. The zero-order chi connectivity index (χ0) is 19.8. The standard InChI is InChI=1S/C19H19Cl2N3O3/c1-19(2,27)11-7-13(20)16(14(21)8-11)18(26)23-12-5-6-22-15(9-12)24-17(25)10-3-4-10/h5-10,27H,3-4H2,1-2H3,(H2,22,23,24,25,26). The molecule has 142 valence electrons. The molecule has 3 N–H and O–H groups in total. The molecule has 1 fully saturated rings. The zero-order valence-corrected chi connectivity index (χ0v) is 16.4. The van der Waals surface area contributed by atoms with Crippen LogP contribution in [0, 0.1) is 5.92 Å². The first-order chi connectivity index (χ1) is 12.6. The molecule has 8 heteroatoms. The summed E-state index contributed by atoms with van der Waals surface area (Å²) in [5.41, 5.74) is -0.0864. The number of carbonyl (C=O) groups is 2. The second kappa shape index (κ2) is 7.46. The van der Waals surface area contributed by atoms with Gasteiger partial charge in [0.1, 0.15) is 5.82 Å². The summed E-state index contributed by atoms with van der Waals surface area (Å²) in [6, 6.07) is 6.18. The minimum Gasteiger partial charge on any atom is -0.386 e. The smallest absolute Gasteiger partial charge is 0.258 e. The Morgan fingerprint density at radius 1 is 1.15 bits per heavy atom. The van der Waals surface area contributed by atoms with E-state index in [1.54, 1.807) is 26.0 Å². The molecule has 0 radical (unpaired) electrons. The van der Waals surface area contributed by atoms with E-state index >= 15 is 0 Å². The highest BCUT2D eigenvalue weighted by Gasteiger charge is 2.29. The molecule has 1 heterocycles. The lowest BCUT2D eigenvalue weighted by molar-refractivity contribution is -0.117. The molecule has 0 saturated heterocycles. The molecule has 0 aliphatic heterocycles. The Morgan fingerprint density at radius 3 is 2.33 bits per heavy atom. The lowest BCUT2D eigenvalue weighted by Gasteiger charge is -2.19. The highest BCUT2D eigenvalue weighted by Crippen LogP contribution is 2.32. The molecular weight excluding hydrogens is 389 g/mol. The summed E-state index contributed by atoms with van der Waals surface area (Å²) < 4.78 is 0. The van der Waals surface area contributed by atoms with Gasteiger partial charge in [-0.3, -0.25) is 9.59 Å². The Bertz CT molecular complexity index is 882. The van der Waals surface area contributed by atoms with E-state index in [1.807, 2.05) is 0 Å². The second-order valence-corrected chi connectivity index (χ2v) is 7.84. The number of amides is 2. The summed E-state index contributed by atoms with van der Waals surface area (Å²) in [7, 11) is 0. The van der Waals surface area contributed by atoms with Crippen molar-refractivity contribution in [3.8, 4) is 0 Å². The van der Waals surface area contributed by atoms with Crippen molar-refractivity contribution in [2.24, 2.45) is 5.92 Å². The van der Waals surface area contributed by atoms with Crippen LogP contribution < -0.4 is 10.6 Å². The SMILES string of the molecule is CC(C)(O)c1cc(Cl)c(C(=O)Nc2ccnc(NC(=O)C3CC3)c2)c(Cl)c1. The van der Waals surface area contributed by atoms with Crippen molar-refractivity contribution < 1.29 is 14.7 Å². The van der Waals surface area contributed by atoms with Crippen LogP contribution >= 0.6 is 23.2 Å². The van der Waals surface area contributed by atoms with Crippen LogP contribution in [-0.4, -0.2) is 21.9 Å². The Kier molecular flexibility index (Phi) is 5.42. The van der Waals surface area contributed by atoms with Gasteiger partial charge in [-0.1, -0.05) is 23.2 Å². The van der Waals surface area contributed by atoms with Gasteiger partial charge in [0.2, 0.25) is 5.91 Å². The zero-order valence-electron chi connectivity index (χ0n) is 14.8. The van der Waals surface area contributed by atoms with E-state index in [4.69, 9.17) is 23.2 Å². The Hall–Kier alpha value is -2.15. The maximum absolute atomic E-state index is 12.6. The number of rotatable bonds is 5. The summed E-state index contributed by atoms with van der Waals surface area (Å²) in [5.74, 6) is -0.159. The summed E-state index contributed by atoms with van der Waals surface area (Å²) in [6.07, 6.45) is 3.26. The van der Waals surface area contributed by atoms with Crippen LogP contribution in [0.2, 0.25) is 10.0 Å². The van der Waals surface area contributed by atoms with Crippen molar-refractivity contribution in [1.82, 2.24) is 4.98 Å². The third kappa shape index (κ3) is 4.77. The van der Waals surface area contributed by atoms with Crippen LogP contribution in [0.1, 0.15) is 42.6 Å². The van der Waals surface area contributed by atoms with Gasteiger partial charge in [0.15, 0.2) is 0 Å². The second-order valence-electron chi connectivity index (χ2n) is 7.02. The van der Waals surface area contributed by atoms with Crippen molar-refractivity contribution >= 4 is 46.5 Å². The molecule has 1 aromatic carbocycles. The number of hydrogen-bond acceptors (Lipinski definition) is 4. The molecule has 27 heavy (non-hydrogen) atoms. The molecular formula is C19H19Cl2N3O3. The fourth-order valence-corrected chi connectivity index (χ4v) is 3.15. The van der Waals surface area contributed by atoms with Gasteiger partial charge in [0.25, 0.3) is 5.91 Å². The van der Waals surface area contributed by atoms with E-state index in [2.05, 4.69) is 15.6 Å². The molecule has 0 bridgehead atoms. The van der Waals surface area contributed by atoms with E-state index in [-0.39, 0.29) is 27.4 Å². The maximum Gasteiger partial charge on any atom is 0.258 e. The third-order valence-electron chi connectivity index (χ3n) is 4.19. The van der Waals surface area contributed by atoms with E-state index in [9.17, 15) is 14.7 Å². The van der Waals surface area contributed by atoms with Crippen LogP contribution in [-0.2, 0) is 10.4 Å². The molecule has 2 amide bonds. The molecule has 6 nitrogen and oxygen atoms in total. The van der Waals surface area contributed by atoms with Crippen molar-refractivity contribution in [3.63, 3.8) is 0 Å².